The molecular weight excluding hydrogens is 416 g/mol. The number of aromatic nitrogens is 4. The largest absolute Gasteiger partial charge is 0.444 e. The number of nitrogens with one attached hydrogen (secondary N) is 1. The Morgan fingerprint density at radius 3 is 2.79 bits per heavy atom. The maximum atomic E-state index is 12.4. The normalized spacial score (nSPS) is 16.1. The molecule has 4 aromatic rings. The van der Waals surface area contributed by atoms with Gasteiger partial charge in [0.1, 0.15) is 17.4 Å². The predicted molar refractivity (Wildman–Crippen MR) is 129 cm³/mol. The van der Waals surface area contributed by atoms with Gasteiger partial charge < -0.3 is 15.8 Å². The summed E-state index contributed by atoms with van der Waals surface area (Å²) in [7, 11) is 0. The van der Waals surface area contributed by atoms with E-state index in [4.69, 9.17) is 10.5 Å². The van der Waals surface area contributed by atoms with Crippen LogP contribution in [-0.4, -0.2) is 37.3 Å². The number of carbonyl (C=O) groups excluding carboxylic acids is 1. The molecule has 3 heterocycles. The van der Waals surface area contributed by atoms with Crippen molar-refractivity contribution in [1.82, 2.24) is 24.9 Å². The van der Waals surface area contributed by atoms with Crippen LogP contribution in [0.1, 0.15) is 38.4 Å². The zero-order chi connectivity index (χ0) is 23.3. The molecule has 0 saturated carbocycles. The van der Waals surface area contributed by atoms with E-state index in [1.807, 2.05) is 55.7 Å². The van der Waals surface area contributed by atoms with Crippen LogP contribution in [0.3, 0.4) is 0 Å². The maximum Gasteiger partial charge on any atom is 0.407 e. The predicted octanol–water partition coefficient (Wildman–Crippen LogP) is 4.38. The van der Waals surface area contributed by atoms with Gasteiger partial charge in [-0.3, -0.25) is 4.98 Å². The Morgan fingerprint density at radius 2 is 2.00 bits per heavy atom. The van der Waals surface area contributed by atoms with Crippen LogP contribution in [0.4, 0.5) is 10.6 Å². The summed E-state index contributed by atoms with van der Waals surface area (Å²) in [6.07, 6.45) is 4.00. The van der Waals surface area contributed by atoms with Crippen molar-refractivity contribution in [3.05, 3.63) is 60.7 Å². The second-order valence-electron chi connectivity index (χ2n) is 9.37. The summed E-state index contributed by atoms with van der Waals surface area (Å²) in [4.78, 5) is 21.3. The molecule has 0 saturated heterocycles. The zero-order valence-electron chi connectivity index (χ0n) is 18.9. The van der Waals surface area contributed by atoms with Gasteiger partial charge in [0.05, 0.1) is 11.2 Å². The number of benzene rings is 1. The number of fused-ring (bicyclic) bond motifs is 4. The molecule has 1 amide bonds. The third-order valence-electron chi connectivity index (χ3n) is 5.74. The van der Waals surface area contributed by atoms with Crippen LogP contribution in [0.15, 0.2) is 49.4 Å². The minimum atomic E-state index is -0.569. The lowest BCUT2D eigenvalue weighted by Crippen LogP contribution is -2.41. The van der Waals surface area contributed by atoms with E-state index < -0.39 is 11.7 Å². The van der Waals surface area contributed by atoms with Crippen LogP contribution in [0.5, 0.6) is 0 Å². The van der Waals surface area contributed by atoms with Gasteiger partial charge in [0.25, 0.3) is 0 Å². The highest BCUT2D eigenvalue weighted by atomic mass is 16.6. The van der Waals surface area contributed by atoms with Crippen molar-refractivity contribution >= 4 is 33.9 Å². The number of hydrogen-bond acceptors (Lipinski definition) is 6. The number of nitrogens with zero attached hydrogens (tertiary/aromatic N) is 4. The van der Waals surface area contributed by atoms with Gasteiger partial charge >= 0.3 is 6.09 Å². The quantitative estimate of drug-likeness (QED) is 0.477. The first kappa shape index (κ1) is 20.9. The number of pyridine rings is 1. The first-order chi connectivity index (χ1) is 15.7. The molecule has 1 aliphatic carbocycles. The highest BCUT2D eigenvalue weighted by Gasteiger charge is 2.32. The molecule has 3 aromatic heterocycles. The molecule has 0 fully saturated rings. The molecule has 5 rings (SSSR count). The van der Waals surface area contributed by atoms with Gasteiger partial charge in [0.15, 0.2) is 5.82 Å². The number of nitrogen functional groups attached to an aromatic ring is 1. The summed E-state index contributed by atoms with van der Waals surface area (Å²) in [5, 5.41) is 8.50. The monoisotopic (exact) mass is 442 g/mol. The second-order valence-corrected chi connectivity index (χ2v) is 9.37. The van der Waals surface area contributed by atoms with Crippen molar-refractivity contribution in [2.75, 3.05) is 5.73 Å². The van der Waals surface area contributed by atoms with Crippen molar-refractivity contribution in [3.63, 3.8) is 0 Å². The summed E-state index contributed by atoms with van der Waals surface area (Å²) in [6.45, 7) is 9.87. The summed E-state index contributed by atoms with van der Waals surface area (Å²) < 4.78 is 7.26. The van der Waals surface area contributed by atoms with Gasteiger partial charge in [0, 0.05) is 40.7 Å². The van der Waals surface area contributed by atoms with E-state index in [0.29, 0.717) is 18.7 Å². The SMILES string of the molecule is C=C1CC(NC(=O)OC(C)(C)C)Cc2c1c(-c1cnc3ccccc3c1)c1c(N)ncnn21. The maximum absolute atomic E-state index is 12.4. The third kappa shape index (κ3) is 3.77. The minimum Gasteiger partial charge on any atom is -0.444 e. The molecule has 0 bridgehead atoms. The van der Waals surface area contributed by atoms with Gasteiger partial charge in [0.2, 0.25) is 0 Å². The lowest BCUT2D eigenvalue weighted by atomic mass is 9.85. The Morgan fingerprint density at radius 1 is 1.21 bits per heavy atom. The topological polar surface area (TPSA) is 107 Å². The van der Waals surface area contributed by atoms with Crippen LogP contribution in [0, 0.1) is 0 Å². The first-order valence-corrected chi connectivity index (χ1v) is 10.9. The smallest absolute Gasteiger partial charge is 0.407 e. The third-order valence-corrected chi connectivity index (χ3v) is 5.74. The molecular formula is C25H26N6O2. The van der Waals surface area contributed by atoms with Crippen molar-refractivity contribution in [2.45, 2.75) is 45.3 Å². The van der Waals surface area contributed by atoms with E-state index in [9.17, 15) is 4.79 Å². The van der Waals surface area contributed by atoms with Crippen LogP contribution < -0.4 is 11.1 Å². The van der Waals surface area contributed by atoms with Crippen molar-refractivity contribution in [3.8, 4) is 11.1 Å². The summed E-state index contributed by atoms with van der Waals surface area (Å²) >= 11 is 0. The molecule has 1 aromatic carbocycles. The van der Waals surface area contributed by atoms with Gasteiger partial charge in [-0.2, -0.15) is 5.10 Å². The van der Waals surface area contributed by atoms with Crippen molar-refractivity contribution in [1.29, 1.82) is 0 Å². The molecule has 168 valence electrons. The van der Waals surface area contributed by atoms with Gasteiger partial charge in [-0.25, -0.2) is 14.3 Å². The summed E-state index contributed by atoms with van der Waals surface area (Å²) in [6, 6.07) is 9.90. The fraction of sp³-hybridized carbons (Fsp3) is 0.280. The molecule has 1 atom stereocenters. The standard InChI is InChI=1S/C25H26N6O2/c1-14-9-17(30-24(32)33-25(2,3)4)11-19-20(14)21(22-23(26)28-13-29-31(19)22)16-10-15-7-5-6-8-18(15)27-12-16/h5-8,10,12-13,17H,1,9,11H2,2-4H3,(H,30,32)(H2,26,28,29). The molecule has 8 heteroatoms. The number of nitrogens with two attached hydrogens (primary N) is 1. The average Bonchev–Trinajstić information content (AvgIpc) is 3.08. The molecule has 1 aliphatic rings. The molecule has 3 N–H and O–H groups in total. The summed E-state index contributed by atoms with van der Waals surface area (Å²) in [5.41, 5.74) is 12.1. The lowest BCUT2D eigenvalue weighted by molar-refractivity contribution is 0.0504. The fourth-order valence-corrected chi connectivity index (χ4v) is 4.51. The van der Waals surface area contributed by atoms with E-state index in [-0.39, 0.29) is 6.04 Å². The van der Waals surface area contributed by atoms with Gasteiger partial charge in [-0.05, 0) is 44.9 Å². The molecule has 33 heavy (non-hydrogen) atoms. The number of ether oxygens (including phenoxy) is 1. The van der Waals surface area contributed by atoms with Crippen LogP contribution >= 0.6 is 0 Å². The van der Waals surface area contributed by atoms with E-state index in [2.05, 4.69) is 33.0 Å². The van der Waals surface area contributed by atoms with Gasteiger partial charge in [-0.15, -0.1) is 0 Å². The number of hydrogen-bond donors (Lipinski definition) is 2. The van der Waals surface area contributed by atoms with E-state index in [1.54, 1.807) is 0 Å². The van der Waals surface area contributed by atoms with E-state index >= 15 is 0 Å². The number of para-hydroxylation sites is 1. The Balaban J connectivity index is 1.62. The van der Waals surface area contributed by atoms with E-state index in [1.165, 1.54) is 6.33 Å². The number of amides is 1. The fourth-order valence-electron chi connectivity index (χ4n) is 4.51. The van der Waals surface area contributed by atoms with Gasteiger partial charge in [-0.1, -0.05) is 24.8 Å². The average molecular weight is 443 g/mol. The van der Waals surface area contributed by atoms with E-state index in [0.717, 1.165) is 44.4 Å². The van der Waals surface area contributed by atoms with Crippen LogP contribution in [-0.2, 0) is 11.2 Å². The Labute approximate surface area is 191 Å². The highest BCUT2D eigenvalue weighted by molar-refractivity contribution is 5.99. The number of carbonyl (C=O) groups is 1. The Bertz CT molecular complexity index is 1420. The number of rotatable bonds is 2. The van der Waals surface area contributed by atoms with Crippen molar-refractivity contribution < 1.29 is 9.53 Å². The number of anilines is 1. The number of alkyl carbamates (subject to hydrolysis) is 1. The Hall–Kier alpha value is -3.94. The minimum absolute atomic E-state index is 0.170. The lowest BCUT2D eigenvalue weighted by Gasteiger charge is -2.27. The first-order valence-electron chi connectivity index (χ1n) is 10.9. The second kappa shape index (κ2) is 7.58. The Kier molecular flexibility index (Phi) is 4.81. The molecule has 0 spiro atoms. The van der Waals surface area contributed by atoms with Crippen molar-refractivity contribution in [2.24, 2.45) is 0 Å². The molecule has 0 aliphatic heterocycles. The van der Waals surface area contributed by atoms with Crippen LogP contribution in [0.2, 0.25) is 0 Å². The molecule has 1 unspecified atom stereocenters. The highest BCUT2D eigenvalue weighted by Crippen LogP contribution is 2.43. The molecule has 0 radical (unpaired) electrons. The zero-order valence-corrected chi connectivity index (χ0v) is 18.9. The molecule has 8 nitrogen and oxygen atoms in total. The van der Waals surface area contributed by atoms with Crippen LogP contribution in [0.25, 0.3) is 33.1 Å². The summed E-state index contributed by atoms with van der Waals surface area (Å²) in [5.74, 6) is 0.381.